The second kappa shape index (κ2) is 13.7. The number of carbonyl (C=O) groups excluding carboxylic acids is 1. The highest BCUT2D eigenvalue weighted by Gasteiger charge is 2.04. The number of unbranched alkanes of at least 4 members (excludes halogenated alkanes) is 1. The maximum absolute atomic E-state index is 11.5. The summed E-state index contributed by atoms with van der Waals surface area (Å²) in [6.07, 6.45) is 2.01. The van der Waals surface area contributed by atoms with Crippen molar-refractivity contribution in [1.29, 1.82) is 0 Å². The highest BCUT2D eigenvalue weighted by atomic mass is 16.5. The minimum Gasteiger partial charge on any atom is -0.677 e. The molecule has 0 aromatic carbocycles. The van der Waals surface area contributed by atoms with Crippen LogP contribution in [0.3, 0.4) is 0 Å². The Bertz CT molecular complexity index is 217. The second-order valence-corrected chi connectivity index (χ2v) is 4.10. The molecule has 0 saturated carbocycles. The Morgan fingerprint density at radius 1 is 1.16 bits per heavy atom. The molecule has 0 spiro atoms. The van der Waals surface area contributed by atoms with Gasteiger partial charge < -0.3 is 32.0 Å². The molecular weight excluding hydrogens is 248 g/mol. The van der Waals surface area contributed by atoms with Gasteiger partial charge in [0.2, 0.25) is 5.91 Å². The van der Waals surface area contributed by atoms with E-state index in [-0.39, 0.29) is 5.91 Å². The number of nitrogens with one attached hydrogen (secondary N) is 3. The van der Waals surface area contributed by atoms with Crippen molar-refractivity contribution in [2.24, 2.45) is 5.73 Å². The Labute approximate surface area is 115 Å². The van der Waals surface area contributed by atoms with Crippen LogP contribution < -0.4 is 11.1 Å². The Morgan fingerprint density at radius 2 is 1.84 bits per heavy atom. The molecule has 1 unspecified atom stereocenters. The van der Waals surface area contributed by atoms with Crippen molar-refractivity contribution in [2.75, 3.05) is 46.1 Å². The molecule has 0 fully saturated rings. The molecule has 0 aromatic rings. The molecule has 114 valence electrons. The molecule has 7 nitrogen and oxygen atoms in total. The molecule has 1 amide bonds. The van der Waals surface area contributed by atoms with E-state index in [1.54, 1.807) is 0 Å². The molecule has 0 aliphatic heterocycles. The van der Waals surface area contributed by atoms with Crippen molar-refractivity contribution in [1.82, 2.24) is 5.32 Å². The fourth-order valence-electron chi connectivity index (χ4n) is 1.38. The second-order valence-electron chi connectivity index (χ2n) is 4.10. The monoisotopic (exact) mass is 274 g/mol. The highest BCUT2D eigenvalue weighted by Crippen LogP contribution is 2.03. The Hall–Kier alpha value is -0.730. The fourth-order valence-corrected chi connectivity index (χ4v) is 1.38. The van der Waals surface area contributed by atoms with Crippen LogP contribution in [0.5, 0.6) is 0 Å². The largest absolute Gasteiger partial charge is 0.677 e. The number of hydrogen-bond acceptors (Lipinski definition) is 4. The van der Waals surface area contributed by atoms with Crippen LogP contribution in [0.2, 0.25) is 0 Å². The third kappa shape index (κ3) is 12.1. The van der Waals surface area contributed by atoms with Crippen LogP contribution in [-0.4, -0.2) is 58.0 Å². The lowest BCUT2D eigenvalue weighted by Gasteiger charge is -2.19. The zero-order valence-electron chi connectivity index (χ0n) is 11.5. The van der Waals surface area contributed by atoms with Crippen LogP contribution in [0.4, 0.5) is 0 Å². The average Bonchev–Trinajstić information content (AvgIpc) is 2.41. The molecule has 0 aliphatic carbocycles. The van der Waals surface area contributed by atoms with E-state index < -0.39 is 6.04 Å². The lowest BCUT2D eigenvalue weighted by Crippen LogP contribution is -2.34. The van der Waals surface area contributed by atoms with Crippen LogP contribution in [0.15, 0.2) is 0 Å². The van der Waals surface area contributed by atoms with E-state index in [0.717, 1.165) is 12.8 Å². The smallest absolute Gasteiger partial charge is 0.202 e. The van der Waals surface area contributed by atoms with Gasteiger partial charge in [-0.3, -0.25) is 4.79 Å². The lowest BCUT2D eigenvalue weighted by atomic mass is 10.1. The van der Waals surface area contributed by atoms with Gasteiger partial charge >= 0.3 is 0 Å². The summed E-state index contributed by atoms with van der Waals surface area (Å²) in [6.45, 7) is 3.18. The van der Waals surface area contributed by atoms with Gasteiger partial charge in [0.05, 0.1) is 26.4 Å². The van der Waals surface area contributed by atoms with Gasteiger partial charge in [0.25, 0.3) is 0 Å². The Kier molecular flexibility index (Phi) is 13.2. The van der Waals surface area contributed by atoms with Crippen molar-refractivity contribution in [3.05, 3.63) is 11.5 Å². The van der Waals surface area contributed by atoms with Crippen LogP contribution in [0.25, 0.3) is 11.5 Å². The maximum atomic E-state index is 11.5. The van der Waals surface area contributed by atoms with Crippen LogP contribution in [0.1, 0.15) is 19.3 Å². The van der Waals surface area contributed by atoms with E-state index >= 15 is 0 Å². The molecular formula is C12H26N4O3-2. The molecule has 1 atom stereocenters. The van der Waals surface area contributed by atoms with Crippen LogP contribution in [0, 0.1) is 0 Å². The Balaban J connectivity index is 3.32. The summed E-state index contributed by atoms with van der Waals surface area (Å²) in [5.41, 5.74) is 19.8. The number of amides is 1. The maximum Gasteiger partial charge on any atom is 0.202 e. The Morgan fingerprint density at radius 3 is 2.47 bits per heavy atom. The van der Waals surface area contributed by atoms with Gasteiger partial charge in [-0.2, -0.15) is 6.54 Å². The van der Waals surface area contributed by atoms with Crippen molar-refractivity contribution in [3.63, 3.8) is 0 Å². The zero-order valence-corrected chi connectivity index (χ0v) is 11.5. The van der Waals surface area contributed by atoms with E-state index in [4.69, 9.17) is 26.7 Å². The molecule has 7 heteroatoms. The zero-order chi connectivity index (χ0) is 14.3. The highest BCUT2D eigenvalue weighted by molar-refractivity contribution is 5.82. The molecule has 0 saturated heterocycles. The first-order chi connectivity index (χ1) is 9.22. The van der Waals surface area contributed by atoms with Gasteiger partial charge in [0.1, 0.15) is 0 Å². The minimum atomic E-state index is -0.737. The molecule has 19 heavy (non-hydrogen) atoms. The van der Waals surface area contributed by atoms with E-state index in [1.807, 2.05) is 0 Å². The van der Waals surface area contributed by atoms with E-state index in [2.05, 4.69) is 5.32 Å². The molecule has 0 heterocycles. The predicted octanol–water partition coefficient (Wildman–Crippen LogP) is 0.738. The molecule has 0 aliphatic rings. The van der Waals surface area contributed by atoms with Gasteiger partial charge in [0.15, 0.2) is 0 Å². The minimum absolute atomic E-state index is 0.270. The SMILES string of the molecule is [NH-]CCCCC([NH-])C(=O)NCCOCCOCCN. The summed E-state index contributed by atoms with van der Waals surface area (Å²) in [4.78, 5) is 11.5. The number of hydrogen-bond donors (Lipinski definition) is 2. The van der Waals surface area contributed by atoms with E-state index in [1.165, 1.54) is 0 Å². The van der Waals surface area contributed by atoms with E-state index in [0.29, 0.717) is 52.5 Å². The summed E-state index contributed by atoms with van der Waals surface area (Å²) in [5, 5.41) is 2.65. The van der Waals surface area contributed by atoms with Crippen molar-refractivity contribution < 1.29 is 14.3 Å². The van der Waals surface area contributed by atoms with Gasteiger partial charge in [-0.15, -0.1) is 0 Å². The number of nitrogens with two attached hydrogens (primary N) is 1. The summed E-state index contributed by atoms with van der Waals surface area (Å²) < 4.78 is 10.4. The normalized spacial score (nSPS) is 12.4. The summed E-state index contributed by atoms with van der Waals surface area (Å²) >= 11 is 0. The van der Waals surface area contributed by atoms with Gasteiger partial charge in [0, 0.05) is 13.1 Å². The average molecular weight is 274 g/mol. The number of ether oxygens (including phenoxy) is 2. The summed E-state index contributed by atoms with van der Waals surface area (Å²) in [5.74, 6) is -0.270. The molecule has 5 N–H and O–H groups in total. The van der Waals surface area contributed by atoms with Gasteiger partial charge in [-0.1, -0.05) is 25.3 Å². The summed E-state index contributed by atoms with van der Waals surface area (Å²) in [7, 11) is 0. The fraction of sp³-hybridized carbons (Fsp3) is 0.917. The standard InChI is InChI=1S/C12H26N4O3/c13-4-2-1-3-11(15)12(17)16-6-8-19-10-9-18-7-5-14/h11,13,15H,1-10,14H2,(H,16,17)/q-2. The first-order valence-corrected chi connectivity index (χ1v) is 6.71. The van der Waals surface area contributed by atoms with E-state index in [9.17, 15) is 4.79 Å². The first-order valence-electron chi connectivity index (χ1n) is 6.71. The number of carbonyl (C=O) groups is 1. The summed E-state index contributed by atoms with van der Waals surface area (Å²) in [6, 6.07) is -0.737. The van der Waals surface area contributed by atoms with Gasteiger partial charge in [-0.05, 0) is 0 Å². The predicted molar refractivity (Wildman–Crippen MR) is 74.9 cm³/mol. The van der Waals surface area contributed by atoms with Crippen LogP contribution >= 0.6 is 0 Å². The quantitative estimate of drug-likeness (QED) is 0.481. The first kappa shape index (κ1) is 18.3. The number of rotatable bonds is 13. The molecule has 0 bridgehead atoms. The topological polar surface area (TPSA) is 121 Å². The van der Waals surface area contributed by atoms with Crippen molar-refractivity contribution in [3.8, 4) is 0 Å². The third-order valence-electron chi connectivity index (χ3n) is 2.42. The van der Waals surface area contributed by atoms with Crippen LogP contribution in [-0.2, 0) is 14.3 Å². The lowest BCUT2D eigenvalue weighted by molar-refractivity contribution is -0.121. The van der Waals surface area contributed by atoms with Gasteiger partial charge in [-0.25, -0.2) is 0 Å². The molecule has 0 aromatic heterocycles. The molecule has 0 radical (unpaired) electrons. The molecule has 0 rings (SSSR count). The van der Waals surface area contributed by atoms with Crippen molar-refractivity contribution in [2.45, 2.75) is 25.3 Å². The van der Waals surface area contributed by atoms with Crippen molar-refractivity contribution >= 4 is 5.91 Å². The third-order valence-corrected chi connectivity index (χ3v) is 2.42.